The van der Waals surface area contributed by atoms with Crippen LogP contribution in [-0.4, -0.2) is 85.5 Å². The molecule has 0 radical (unpaired) electrons. The minimum absolute atomic E-state index is 0. The molecule has 0 bridgehead atoms. The number of carbonyl (C=O) groups is 1. The fraction of sp³-hybridized carbons (Fsp3) is 0.810. The van der Waals surface area contributed by atoms with Crippen LogP contribution in [0.1, 0.15) is 51.9 Å². The molecular formula is C21H38IN5O. The summed E-state index contributed by atoms with van der Waals surface area (Å²) in [6, 6.07) is -0.00142. The second kappa shape index (κ2) is 12.0. The van der Waals surface area contributed by atoms with E-state index in [2.05, 4.69) is 33.1 Å². The van der Waals surface area contributed by atoms with E-state index < -0.39 is 0 Å². The molecule has 1 aliphatic carbocycles. The van der Waals surface area contributed by atoms with Gasteiger partial charge in [0.1, 0.15) is 0 Å². The number of nitrogens with zero attached hydrogens (tertiary/aromatic N) is 4. The maximum absolute atomic E-state index is 12.6. The number of likely N-dealkylation sites (tertiary alicyclic amines) is 1. The van der Waals surface area contributed by atoms with Gasteiger partial charge in [0, 0.05) is 52.9 Å². The Morgan fingerprint density at radius 1 is 1.07 bits per heavy atom. The van der Waals surface area contributed by atoms with Crippen molar-refractivity contribution in [3.63, 3.8) is 0 Å². The normalized spacial score (nSPS) is 22.5. The summed E-state index contributed by atoms with van der Waals surface area (Å²) in [6.07, 6.45) is 11.1. The van der Waals surface area contributed by atoms with Gasteiger partial charge < -0.3 is 15.1 Å². The van der Waals surface area contributed by atoms with Gasteiger partial charge in [0.2, 0.25) is 5.91 Å². The zero-order chi connectivity index (χ0) is 19.1. The second-order valence-corrected chi connectivity index (χ2v) is 8.06. The largest absolute Gasteiger partial charge is 0.356 e. The molecule has 2 aliphatic heterocycles. The molecule has 3 aliphatic rings. The summed E-state index contributed by atoms with van der Waals surface area (Å²) in [6.45, 7) is 8.62. The van der Waals surface area contributed by atoms with Crippen LogP contribution in [0.3, 0.4) is 0 Å². The summed E-state index contributed by atoms with van der Waals surface area (Å²) in [5.74, 6) is 1.31. The van der Waals surface area contributed by atoms with Crippen LogP contribution < -0.4 is 5.32 Å². The third-order valence-electron chi connectivity index (χ3n) is 6.26. The number of guanidine groups is 1. The van der Waals surface area contributed by atoms with Crippen molar-refractivity contribution in [3.8, 4) is 0 Å². The van der Waals surface area contributed by atoms with Gasteiger partial charge in [0.25, 0.3) is 0 Å². The summed E-state index contributed by atoms with van der Waals surface area (Å²) in [5.41, 5.74) is 1.60. The van der Waals surface area contributed by atoms with Crippen molar-refractivity contribution in [2.75, 3.05) is 52.9 Å². The predicted molar refractivity (Wildman–Crippen MR) is 126 cm³/mol. The average molecular weight is 503 g/mol. The van der Waals surface area contributed by atoms with Gasteiger partial charge in [-0.3, -0.25) is 14.7 Å². The molecule has 3 rings (SSSR count). The predicted octanol–water partition coefficient (Wildman–Crippen LogP) is 2.70. The number of carbonyl (C=O) groups excluding carboxylic acids is 1. The maximum atomic E-state index is 12.6. The van der Waals surface area contributed by atoms with E-state index in [-0.39, 0.29) is 30.0 Å². The van der Waals surface area contributed by atoms with E-state index in [4.69, 9.17) is 0 Å². The van der Waals surface area contributed by atoms with Crippen LogP contribution in [0.25, 0.3) is 0 Å². The molecule has 0 saturated carbocycles. The SMILES string of the molecule is CN=C(NCCC1=CCCCC1)N1CCN(C(C)C(=O)N2CCCC2)CC1.I. The first-order valence-corrected chi connectivity index (χ1v) is 10.9. The number of halogens is 1. The number of amides is 1. The van der Waals surface area contributed by atoms with Gasteiger partial charge in [-0.05, 0) is 51.9 Å². The molecule has 2 fully saturated rings. The molecular weight excluding hydrogens is 465 g/mol. The first kappa shape index (κ1) is 23.4. The molecule has 160 valence electrons. The zero-order valence-electron chi connectivity index (χ0n) is 17.7. The maximum Gasteiger partial charge on any atom is 0.239 e. The lowest BCUT2D eigenvalue weighted by Crippen LogP contribution is -2.57. The molecule has 1 N–H and O–H groups in total. The van der Waals surface area contributed by atoms with Gasteiger partial charge in [0.15, 0.2) is 5.96 Å². The summed E-state index contributed by atoms with van der Waals surface area (Å²) in [7, 11) is 1.87. The summed E-state index contributed by atoms with van der Waals surface area (Å²) >= 11 is 0. The van der Waals surface area contributed by atoms with E-state index in [1.165, 1.54) is 25.7 Å². The monoisotopic (exact) mass is 503 g/mol. The van der Waals surface area contributed by atoms with Crippen LogP contribution in [0, 0.1) is 0 Å². The first-order chi connectivity index (χ1) is 13.2. The summed E-state index contributed by atoms with van der Waals surface area (Å²) in [4.78, 5) is 23.8. The number of hydrogen-bond acceptors (Lipinski definition) is 3. The topological polar surface area (TPSA) is 51.2 Å². The molecule has 0 spiro atoms. The number of hydrogen-bond donors (Lipinski definition) is 1. The molecule has 2 heterocycles. The van der Waals surface area contributed by atoms with Gasteiger partial charge >= 0.3 is 0 Å². The van der Waals surface area contributed by atoms with Crippen molar-refractivity contribution in [1.82, 2.24) is 20.0 Å². The van der Waals surface area contributed by atoms with E-state index in [9.17, 15) is 4.79 Å². The molecule has 0 aromatic rings. The molecule has 1 unspecified atom stereocenters. The van der Waals surface area contributed by atoms with Crippen LogP contribution in [0.2, 0.25) is 0 Å². The number of piperazine rings is 1. The van der Waals surface area contributed by atoms with Crippen LogP contribution in [-0.2, 0) is 4.79 Å². The van der Waals surface area contributed by atoms with E-state index in [0.717, 1.165) is 71.0 Å². The molecule has 0 aromatic heterocycles. The quantitative estimate of drug-likeness (QED) is 0.271. The Bertz CT molecular complexity index is 551. The van der Waals surface area contributed by atoms with E-state index >= 15 is 0 Å². The zero-order valence-corrected chi connectivity index (χ0v) is 20.0. The lowest BCUT2D eigenvalue weighted by atomic mass is 9.97. The third kappa shape index (κ3) is 6.34. The molecule has 1 amide bonds. The van der Waals surface area contributed by atoms with Crippen molar-refractivity contribution in [1.29, 1.82) is 0 Å². The van der Waals surface area contributed by atoms with Gasteiger partial charge in [0.05, 0.1) is 6.04 Å². The molecule has 6 nitrogen and oxygen atoms in total. The minimum Gasteiger partial charge on any atom is -0.356 e. The van der Waals surface area contributed by atoms with Crippen molar-refractivity contribution in [2.45, 2.75) is 57.9 Å². The van der Waals surface area contributed by atoms with Gasteiger partial charge in [-0.25, -0.2) is 0 Å². The summed E-state index contributed by atoms with van der Waals surface area (Å²) < 4.78 is 0. The highest BCUT2D eigenvalue weighted by atomic mass is 127. The second-order valence-electron chi connectivity index (χ2n) is 8.06. The molecule has 2 saturated heterocycles. The van der Waals surface area contributed by atoms with Crippen molar-refractivity contribution in [3.05, 3.63) is 11.6 Å². The Balaban J connectivity index is 0.00000280. The van der Waals surface area contributed by atoms with Crippen molar-refractivity contribution in [2.24, 2.45) is 4.99 Å². The van der Waals surface area contributed by atoms with E-state index in [1.54, 1.807) is 5.57 Å². The van der Waals surface area contributed by atoms with Crippen molar-refractivity contribution < 1.29 is 4.79 Å². The number of allylic oxidation sites excluding steroid dienone is 1. The highest BCUT2D eigenvalue weighted by molar-refractivity contribution is 14.0. The Morgan fingerprint density at radius 2 is 1.79 bits per heavy atom. The molecule has 28 heavy (non-hydrogen) atoms. The fourth-order valence-corrected chi connectivity index (χ4v) is 4.48. The van der Waals surface area contributed by atoms with Gasteiger partial charge in [-0.15, -0.1) is 24.0 Å². The fourth-order valence-electron chi connectivity index (χ4n) is 4.48. The number of rotatable bonds is 5. The molecule has 0 aromatic carbocycles. The van der Waals surface area contributed by atoms with Crippen molar-refractivity contribution >= 4 is 35.8 Å². The van der Waals surface area contributed by atoms with Crippen LogP contribution in [0.5, 0.6) is 0 Å². The molecule has 1 atom stereocenters. The number of nitrogens with one attached hydrogen (secondary N) is 1. The van der Waals surface area contributed by atoms with Crippen LogP contribution in [0.4, 0.5) is 0 Å². The van der Waals surface area contributed by atoms with Crippen LogP contribution >= 0.6 is 24.0 Å². The summed E-state index contributed by atoms with van der Waals surface area (Å²) in [5, 5.41) is 3.54. The highest BCUT2D eigenvalue weighted by Gasteiger charge is 2.30. The van der Waals surface area contributed by atoms with Gasteiger partial charge in [-0.1, -0.05) is 11.6 Å². The lowest BCUT2D eigenvalue weighted by Gasteiger charge is -2.39. The highest BCUT2D eigenvalue weighted by Crippen LogP contribution is 2.19. The smallest absolute Gasteiger partial charge is 0.239 e. The Kier molecular flexibility index (Phi) is 10.0. The number of aliphatic imine (C=N–C) groups is 1. The Hall–Kier alpha value is -0.830. The van der Waals surface area contributed by atoms with E-state index in [0.29, 0.717) is 5.91 Å². The first-order valence-electron chi connectivity index (χ1n) is 10.9. The Labute approximate surface area is 187 Å². The minimum atomic E-state index is -0.00142. The molecule has 7 heteroatoms. The Morgan fingerprint density at radius 3 is 2.39 bits per heavy atom. The van der Waals surface area contributed by atoms with Gasteiger partial charge in [-0.2, -0.15) is 0 Å². The van der Waals surface area contributed by atoms with E-state index in [1.807, 2.05) is 11.9 Å². The standard InChI is InChI=1S/C21H37N5O.HI/c1-18(20(27)25-12-6-7-13-25)24-14-16-26(17-15-24)21(22-2)23-11-10-19-8-4-3-5-9-19;/h8,18H,3-7,9-17H2,1-2H3,(H,22,23);1H. The average Bonchev–Trinajstić information content (AvgIpc) is 3.26. The third-order valence-corrected chi connectivity index (χ3v) is 6.26. The lowest BCUT2D eigenvalue weighted by molar-refractivity contribution is -0.135. The van der Waals surface area contributed by atoms with Crippen LogP contribution in [0.15, 0.2) is 16.6 Å².